The molecule has 1 aromatic carbocycles. The molecule has 0 aromatic heterocycles. The summed E-state index contributed by atoms with van der Waals surface area (Å²) in [5, 5.41) is 4.72. The van der Waals surface area contributed by atoms with Gasteiger partial charge in [0.2, 0.25) is 11.8 Å². The summed E-state index contributed by atoms with van der Waals surface area (Å²) in [6.07, 6.45) is -3.34. The van der Waals surface area contributed by atoms with E-state index in [0.717, 1.165) is 31.0 Å². The first kappa shape index (κ1) is 18.3. The largest absolute Gasteiger partial charge is 0.416 e. The molecule has 122 valence electrons. The van der Waals surface area contributed by atoms with Crippen molar-refractivity contribution in [2.45, 2.75) is 32.4 Å². The monoisotopic (exact) mass is 336 g/mol. The Morgan fingerprint density at radius 3 is 2.50 bits per heavy atom. The van der Waals surface area contributed by atoms with Gasteiger partial charge in [-0.05, 0) is 24.6 Å². The van der Waals surface area contributed by atoms with Gasteiger partial charge < -0.3 is 10.6 Å². The molecule has 0 fully saturated rings. The van der Waals surface area contributed by atoms with Gasteiger partial charge in [-0.3, -0.25) is 9.59 Å². The number of carbonyl (C=O) groups excluding carboxylic acids is 2. The fourth-order valence-corrected chi connectivity index (χ4v) is 1.77. The van der Waals surface area contributed by atoms with Gasteiger partial charge in [0.15, 0.2) is 0 Å². The predicted molar refractivity (Wildman–Crippen MR) is 77.6 cm³/mol. The predicted octanol–water partition coefficient (Wildman–Crippen LogP) is 3.60. The van der Waals surface area contributed by atoms with Crippen LogP contribution in [0.2, 0.25) is 5.02 Å². The molecule has 0 heterocycles. The molecule has 2 amide bonds. The molecule has 0 spiro atoms. The van der Waals surface area contributed by atoms with Crippen LogP contribution in [0.1, 0.15) is 31.7 Å². The zero-order valence-corrected chi connectivity index (χ0v) is 12.6. The minimum atomic E-state index is -4.54. The molecule has 4 nitrogen and oxygen atoms in total. The van der Waals surface area contributed by atoms with Crippen LogP contribution in [0.15, 0.2) is 18.2 Å². The Kier molecular flexibility index (Phi) is 6.67. The molecule has 8 heteroatoms. The van der Waals surface area contributed by atoms with Crippen LogP contribution in [0.25, 0.3) is 0 Å². The SMILES string of the molecule is CCCCNC(=O)CC(=O)Nc1cc(C(F)(F)F)ccc1Cl. The van der Waals surface area contributed by atoms with Crippen molar-refractivity contribution in [3.63, 3.8) is 0 Å². The van der Waals surface area contributed by atoms with Crippen LogP contribution in [-0.4, -0.2) is 18.4 Å². The van der Waals surface area contributed by atoms with Crippen molar-refractivity contribution in [2.24, 2.45) is 0 Å². The van der Waals surface area contributed by atoms with E-state index in [4.69, 9.17) is 11.6 Å². The molecule has 1 aromatic rings. The smallest absolute Gasteiger partial charge is 0.356 e. The molecule has 0 radical (unpaired) electrons. The summed E-state index contributed by atoms with van der Waals surface area (Å²) in [5.74, 6) is -1.22. The molecule has 0 saturated carbocycles. The van der Waals surface area contributed by atoms with Gasteiger partial charge in [0.05, 0.1) is 16.3 Å². The lowest BCUT2D eigenvalue weighted by atomic mass is 10.2. The van der Waals surface area contributed by atoms with Gasteiger partial charge in [0.25, 0.3) is 0 Å². The van der Waals surface area contributed by atoms with E-state index in [0.29, 0.717) is 6.54 Å². The first-order valence-electron chi connectivity index (χ1n) is 6.67. The Balaban J connectivity index is 2.66. The second kappa shape index (κ2) is 8.03. The lowest BCUT2D eigenvalue weighted by Crippen LogP contribution is -2.28. The zero-order valence-electron chi connectivity index (χ0n) is 11.9. The lowest BCUT2D eigenvalue weighted by Gasteiger charge is -2.11. The maximum atomic E-state index is 12.6. The molecule has 0 unspecified atom stereocenters. The highest BCUT2D eigenvalue weighted by atomic mass is 35.5. The van der Waals surface area contributed by atoms with E-state index < -0.39 is 30.0 Å². The van der Waals surface area contributed by atoms with Gasteiger partial charge >= 0.3 is 6.18 Å². The van der Waals surface area contributed by atoms with Crippen LogP contribution in [0.4, 0.5) is 18.9 Å². The van der Waals surface area contributed by atoms with E-state index in [2.05, 4.69) is 10.6 Å². The number of hydrogen-bond donors (Lipinski definition) is 2. The van der Waals surface area contributed by atoms with Crippen molar-refractivity contribution in [3.05, 3.63) is 28.8 Å². The normalized spacial score (nSPS) is 11.1. The Morgan fingerprint density at radius 2 is 1.91 bits per heavy atom. The topological polar surface area (TPSA) is 58.2 Å². The Morgan fingerprint density at radius 1 is 1.23 bits per heavy atom. The van der Waals surface area contributed by atoms with Crippen LogP contribution >= 0.6 is 11.6 Å². The molecule has 0 aliphatic heterocycles. The third kappa shape index (κ3) is 5.93. The minimum Gasteiger partial charge on any atom is -0.356 e. The molecule has 0 bridgehead atoms. The third-order valence-corrected chi connectivity index (χ3v) is 3.07. The summed E-state index contributed by atoms with van der Waals surface area (Å²) in [7, 11) is 0. The van der Waals surface area contributed by atoms with Gasteiger partial charge in [-0.25, -0.2) is 0 Å². The number of alkyl halides is 3. The average Bonchev–Trinajstić information content (AvgIpc) is 2.40. The standard InChI is InChI=1S/C14H16ClF3N2O2/c1-2-3-6-19-12(21)8-13(22)20-11-7-9(14(16,17)18)4-5-10(11)15/h4-5,7H,2-3,6,8H2,1H3,(H,19,21)(H,20,22). The van der Waals surface area contributed by atoms with Crippen LogP contribution in [0.5, 0.6) is 0 Å². The molecule has 0 aliphatic rings. The second-order valence-electron chi connectivity index (χ2n) is 4.62. The summed E-state index contributed by atoms with van der Waals surface area (Å²) in [5.41, 5.74) is -1.11. The van der Waals surface area contributed by atoms with Gasteiger partial charge in [0.1, 0.15) is 6.42 Å². The maximum absolute atomic E-state index is 12.6. The zero-order chi connectivity index (χ0) is 16.8. The first-order chi connectivity index (χ1) is 10.2. The molecule has 0 saturated heterocycles. The van der Waals surface area contributed by atoms with Crippen LogP contribution in [-0.2, 0) is 15.8 Å². The van der Waals surface area contributed by atoms with E-state index in [1.54, 1.807) is 0 Å². The highest BCUT2D eigenvalue weighted by Crippen LogP contribution is 2.33. The number of benzene rings is 1. The van der Waals surface area contributed by atoms with E-state index in [1.165, 1.54) is 0 Å². The summed E-state index contributed by atoms with van der Waals surface area (Å²) in [6, 6.07) is 2.59. The van der Waals surface area contributed by atoms with Crippen molar-refractivity contribution in [3.8, 4) is 0 Å². The van der Waals surface area contributed by atoms with E-state index in [-0.39, 0.29) is 10.7 Å². The van der Waals surface area contributed by atoms with Crippen LogP contribution in [0, 0.1) is 0 Å². The average molecular weight is 337 g/mol. The van der Waals surface area contributed by atoms with E-state index in [1.807, 2.05) is 6.92 Å². The highest BCUT2D eigenvalue weighted by molar-refractivity contribution is 6.33. The number of halogens is 4. The van der Waals surface area contributed by atoms with Gasteiger partial charge in [0, 0.05) is 6.54 Å². The maximum Gasteiger partial charge on any atom is 0.416 e. The number of nitrogens with one attached hydrogen (secondary N) is 2. The quantitative estimate of drug-likeness (QED) is 0.616. The van der Waals surface area contributed by atoms with Gasteiger partial charge in [-0.15, -0.1) is 0 Å². The summed E-state index contributed by atoms with van der Waals surface area (Å²) < 4.78 is 37.8. The number of carbonyl (C=O) groups is 2. The fourth-order valence-electron chi connectivity index (χ4n) is 1.60. The van der Waals surface area contributed by atoms with E-state index >= 15 is 0 Å². The summed E-state index contributed by atoms with van der Waals surface area (Å²) in [6.45, 7) is 2.40. The van der Waals surface area contributed by atoms with Crippen LogP contribution < -0.4 is 10.6 Å². The molecule has 22 heavy (non-hydrogen) atoms. The molecular formula is C14H16ClF3N2O2. The Hall–Kier alpha value is -1.76. The van der Waals surface area contributed by atoms with Gasteiger partial charge in [-0.1, -0.05) is 24.9 Å². The van der Waals surface area contributed by atoms with Crippen molar-refractivity contribution in [1.29, 1.82) is 0 Å². The van der Waals surface area contributed by atoms with Crippen molar-refractivity contribution in [2.75, 3.05) is 11.9 Å². The summed E-state index contributed by atoms with van der Waals surface area (Å²) >= 11 is 5.75. The minimum absolute atomic E-state index is 0.0345. The van der Waals surface area contributed by atoms with Crippen LogP contribution in [0.3, 0.4) is 0 Å². The number of amides is 2. The molecule has 1 rings (SSSR count). The molecule has 0 aliphatic carbocycles. The molecular weight excluding hydrogens is 321 g/mol. The first-order valence-corrected chi connectivity index (χ1v) is 7.05. The fraction of sp³-hybridized carbons (Fsp3) is 0.429. The van der Waals surface area contributed by atoms with E-state index in [9.17, 15) is 22.8 Å². The number of hydrogen-bond acceptors (Lipinski definition) is 2. The summed E-state index contributed by atoms with van der Waals surface area (Å²) in [4.78, 5) is 23.1. The molecule has 2 N–H and O–H groups in total. The second-order valence-corrected chi connectivity index (χ2v) is 5.03. The molecule has 0 atom stereocenters. The Bertz CT molecular complexity index is 547. The lowest BCUT2D eigenvalue weighted by molar-refractivity contribution is -0.137. The number of unbranched alkanes of at least 4 members (excludes halogenated alkanes) is 1. The van der Waals surface area contributed by atoms with Gasteiger partial charge in [-0.2, -0.15) is 13.2 Å². The highest BCUT2D eigenvalue weighted by Gasteiger charge is 2.31. The third-order valence-electron chi connectivity index (χ3n) is 2.74. The Labute approximate surface area is 131 Å². The van der Waals surface area contributed by atoms with Crippen molar-refractivity contribution >= 4 is 29.1 Å². The number of rotatable bonds is 6. The number of anilines is 1. The van der Waals surface area contributed by atoms with Crippen molar-refractivity contribution < 1.29 is 22.8 Å². The van der Waals surface area contributed by atoms with Crippen molar-refractivity contribution in [1.82, 2.24) is 5.32 Å².